The molecule has 2 aromatic rings. The molecule has 4 nitrogen and oxygen atoms in total. The van der Waals surface area contributed by atoms with E-state index >= 15 is 0 Å². The summed E-state index contributed by atoms with van der Waals surface area (Å²) >= 11 is 0. The maximum Gasteiger partial charge on any atom is 0.123 e. The van der Waals surface area contributed by atoms with Crippen molar-refractivity contribution in [1.29, 1.82) is 0 Å². The van der Waals surface area contributed by atoms with Gasteiger partial charge in [-0.25, -0.2) is 4.39 Å². The van der Waals surface area contributed by atoms with E-state index in [1.165, 1.54) is 12.1 Å². The molecule has 0 bridgehead atoms. The Balaban J connectivity index is 1.41. The molecule has 1 fully saturated rings. The van der Waals surface area contributed by atoms with Crippen molar-refractivity contribution in [3.63, 3.8) is 0 Å². The molecule has 27 heavy (non-hydrogen) atoms. The lowest BCUT2D eigenvalue weighted by atomic mass is 10.1. The second kappa shape index (κ2) is 9.83. The average molecular weight is 372 g/mol. The zero-order chi connectivity index (χ0) is 19.1. The van der Waals surface area contributed by atoms with Gasteiger partial charge in [0.1, 0.15) is 5.82 Å². The summed E-state index contributed by atoms with van der Waals surface area (Å²) in [5.41, 5.74) is 2.20. The van der Waals surface area contributed by atoms with Crippen LogP contribution >= 0.6 is 0 Å². The zero-order valence-electron chi connectivity index (χ0n) is 15.9. The molecule has 0 radical (unpaired) electrons. The molecule has 0 spiro atoms. The Morgan fingerprint density at radius 3 is 2.30 bits per heavy atom. The van der Waals surface area contributed by atoms with Gasteiger partial charge in [-0.1, -0.05) is 37.3 Å². The number of rotatable bonds is 8. The highest BCUT2D eigenvalue weighted by Crippen LogP contribution is 2.21. The van der Waals surface area contributed by atoms with Gasteiger partial charge in [-0.2, -0.15) is 0 Å². The molecule has 0 unspecified atom stereocenters. The minimum Gasteiger partial charge on any atom is -0.389 e. The Hall–Kier alpha value is -1.95. The van der Waals surface area contributed by atoms with Crippen LogP contribution in [0.5, 0.6) is 0 Å². The summed E-state index contributed by atoms with van der Waals surface area (Å²) < 4.78 is 19.0. The highest BCUT2D eigenvalue weighted by atomic mass is 19.1. The quantitative estimate of drug-likeness (QED) is 0.770. The third-order valence-electron chi connectivity index (χ3n) is 5.06. The predicted octanol–water partition coefficient (Wildman–Crippen LogP) is 3.48. The first-order valence-corrected chi connectivity index (χ1v) is 9.73. The number of hydrogen-bond acceptors (Lipinski definition) is 4. The normalized spacial score (nSPS) is 17.7. The standard InChI is InChI=1S/C22H29FN2O2/c1-2-22(18-6-4-3-5-7-18)27-17-21(26)16-24-12-14-25(15-13-24)20-10-8-19(23)9-11-20/h3-11,21-22,26H,2,12-17H2,1H3/t21-,22-/m0/s1. The molecule has 2 atom stereocenters. The van der Waals surface area contributed by atoms with Crippen LogP contribution in [0.15, 0.2) is 54.6 Å². The summed E-state index contributed by atoms with van der Waals surface area (Å²) in [4.78, 5) is 4.51. The number of nitrogens with zero attached hydrogens (tertiary/aromatic N) is 2. The van der Waals surface area contributed by atoms with E-state index in [0.717, 1.165) is 43.9 Å². The molecule has 1 saturated heterocycles. The number of benzene rings is 2. The van der Waals surface area contributed by atoms with Crippen molar-refractivity contribution < 1.29 is 14.2 Å². The molecule has 2 aromatic carbocycles. The van der Waals surface area contributed by atoms with Crippen LogP contribution in [0.3, 0.4) is 0 Å². The third kappa shape index (κ3) is 5.76. The fraction of sp³-hybridized carbons (Fsp3) is 0.455. The monoisotopic (exact) mass is 372 g/mol. The number of aliphatic hydroxyl groups excluding tert-OH is 1. The SMILES string of the molecule is CC[C@H](OC[C@@H](O)CN1CCN(c2ccc(F)cc2)CC1)c1ccccc1. The van der Waals surface area contributed by atoms with Crippen molar-refractivity contribution in [2.24, 2.45) is 0 Å². The van der Waals surface area contributed by atoms with E-state index < -0.39 is 6.10 Å². The topological polar surface area (TPSA) is 35.9 Å². The zero-order valence-corrected chi connectivity index (χ0v) is 15.9. The van der Waals surface area contributed by atoms with E-state index in [-0.39, 0.29) is 11.9 Å². The maximum atomic E-state index is 13.1. The molecule has 0 amide bonds. The summed E-state index contributed by atoms with van der Waals surface area (Å²) in [6, 6.07) is 16.8. The number of ether oxygens (including phenoxy) is 1. The lowest BCUT2D eigenvalue weighted by Gasteiger charge is -2.37. The van der Waals surface area contributed by atoms with Crippen LogP contribution in [-0.2, 0) is 4.74 Å². The fourth-order valence-corrected chi connectivity index (χ4v) is 3.54. The van der Waals surface area contributed by atoms with Gasteiger partial charge in [0.2, 0.25) is 0 Å². The molecule has 5 heteroatoms. The summed E-state index contributed by atoms with van der Waals surface area (Å²) in [6.45, 7) is 6.56. The van der Waals surface area contributed by atoms with Crippen LogP contribution in [0.2, 0.25) is 0 Å². The van der Waals surface area contributed by atoms with E-state index in [4.69, 9.17) is 4.74 Å². The molecule has 146 valence electrons. The van der Waals surface area contributed by atoms with Gasteiger partial charge in [-0.15, -0.1) is 0 Å². The van der Waals surface area contributed by atoms with Gasteiger partial charge in [0.25, 0.3) is 0 Å². The Bertz CT molecular complexity index is 672. The molecule has 1 heterocycles. The van der Waals surface area contributed by atoms with Gasteiger partial charge in [0.15, 0.2) is 0 Å². The second-order valence-corrected chi connectivity index (χ2v) is 7.06. The summed E-state index contributed by atoms with van der Waals surface area (Å²) in [7, 11) is 0. The van der Waals surface area contributed by atoms with Crippen molar-refractivity contribution in [2.75, 3.05) is 44.2 Å². The van der Waals surface area contributed by atoms with Crippen molar-refractivity contribution in [2.45, 2.75) is 25.6 Å². The van der Waals surface area contributed by atoms with Gasteiger partial charge < -0.3 is 14.7 Å². The highest BCUT2D eigenvalue weighted by Gasteiger charge is 2.20. The predicted molar refractivity (Wildman–Crippen MR) is 106 cm³/mol. The van der Waals surface area contributed by atoms with Crippen LogP contribution in [0, 0.1) is 5.82 Å². The van der Waals surface area contributed by atoms with Gasteiger partial charge in [0.05, 0.1) is 18.8 Å². The van der Waals surface area contributed by atoms with Crippen LogP contribution in [0.4, 0.5) is 10.1 Å². The van der Waals surface area contributed by atoms with Gasteiger partial charge in [-0.05, 0) is 36.2 Å². The number of piperazine rings is 1. The molecule has 1 N–H and O–H groups in total. The van der Waals surface area contributed by atoms with E-state index in [1.54, 1.807) is 0 Å². The first kappa shape index (κ1) is 19.8. The first-order chi connectivity index (χ1) is 13.2. The second-order valence-electron chi connectivity index (χ2n) is 7.06. The van der Waals surface area contributed by atoms with Crippen LogP contribution in [0.1, 0.15) is 25.0 Å². The van der Waals surface area contributed by atoms with E-state index in [2.05, 4.69) is 28.9 Å². The minimum absolute atomic E-state index is 0.0242. The Morgan fingerprint density at radius 1 is 1.00 bits per heavy atom. The minimum atomic E-state index is -0.500. The average Bonchev–Trinajstić information content (AvgIpc) is 2.70. The van der Waals surface area contributed by atoms with Gasteiger partial charge >= 0.3 is 0 Å². The number of anilines is 1. The summed E-state index contributed by atoms with van der Waals surface area (Å²) in [6.07, 6.45) is 0.406. The van der Waals surface area contributed by atoms with Crippen molar-refractivity contribution in [3.8, 4) is 0 Å². The Kier molecular flexibility index (Phi) is 7.21. The maximum absolute atomic E-state index is 13.1. The number of hydrogen-bond donors (Lipinski definition) is 1. The van der Waals surface area contributed by atoms with Crippen LogP contribution in [0.25, 0.3) is 0 Å². The molecular formula is C22H29FN2O2. The largest absolute Gasteiger partial charge is 0.389 e. The first-order valence-electron chi connectivity index (χ1n) is 9.73. The molecular weight excluding hydrogens is 343 g/mol. The molecule has 1 aliphatic heterocycles. The molecule has 0 aliphatic carbocycles. The lowest BCUT2D eigenvalue weighted by Crippen LogP contribution is -2.49. The summed E-state index contributed by atoms with van der Waals surface area (Å²) in [5, 5.41) is 10.4. The molecule has 3 rings (SSSR count). The Labute approximate surface area is 161 Å². The molecule has 0 saturated carbocycles. The van der Waals surface area contributed by atoms with Crippen LogP contribution in [-0.4, -0.2) is 55.4 Å². The van der Waals surface area contributed by atoms with E-state index in [1.807, 2.05) is 30.3 Å². The van der Waals surface area contributed by atoms with E-state index in [0.29, 0.717) is 13.2 Å². The van der Waals surface area contributed by atoms with E-state index in [9.17, 15) is 9.50 Å². The van der Waals surface area contributed by atoms with Gasteiger partial charge in [-0.3, -0.25) is 4.90 Å². The lowest BCUT2D eigenvalue weighted by molar-refractivity contribution is -0.0240. The van der Waals surface area contributed by atoms with Crippen molar-refractivity contribution in [3.05, 3.63) is 66.0 Å². The van der Waals surface area contributed by atoms with Crippen molar-refractivity contribution >= 4 is 5.69 Å². The van der Waals surface area contributed by atoms with Crippen molar-refractivity contribution in [1.82, 2.24) is 4.90 Å². The number of halogens is 1. The highest BCUT2D eigenvalue weighted by molar-refractivity contribution is 5.46. The molecule has 0 aromatic heterocycles. The van der Waals surface area contributed by atoms with Gasteiger partial charge in [0, 0.05) is 38.4 Å². The Morgan fingerprint density at radius 2 is 1.67 bits per heavy atom. The smallest absolute Gasteiger partial charge is 0.123 e. The van der Waals surface area contributed by atoms with Crippen LogP contribution < -0.4 is 4.90 Å². The number of β-amino-alcohol motifs (C(OH)–C–C–N with tert-alkyl or cyclic N) is 1. The summed E-state index contributed by atoms with van der Waals surface area (Å²) in [5.74, 6) is -0.207. The third-order valence-corrected chi connectivity index (χ3v) is 5.06. The molecule has 1 aliphatic rings. The fourth-order valence-electron chi connectivity index (χ4n) is 3.54. The number of aliphatic hydroxyl groups is 1.